The van der Waals surface area contributed by atoms with E-state index < -0.39 is 0 Å². The second kappa shape index (κ2) is 10.1. The number of anilines is 1. The van der Waals surface area contributed by atoms with Crippen molar-refractivity contribution in [3.63, 3.8) is 0 Å². The number of carbonyl (C=O) groups excluding carboxylic acids is 1. The Balaban J connectivity index is 1.19. The van der Waals surface area contributed by atoms with E-state index in [0.29, 0.717) is 42.7 Å². The number of amides is 2. The van der Waals surface area contributed by atoms with E-state index in [2.05, 4.69) is 34.5 Å². The van der Waals surface area contributed by atoms with Crippen LogP contribution >= 0.6 is 0 Å². The van der Waals surface area contributed by atoms with E-state index in [9.17, 15) is 4.79 Å². The smallest absolute Gasteiger partial charge is 0.322 e. The number of methoxy groups -OCH3 is 2. The van der Waals surface area contributed by atoms with Crippen LogP contribution in [0.25, 0.3) is 22.2 Å². The van der Waals surface area contributed by atoms with Crippen LogP contribution in [0.4, 0.5) is 10.5 Å². The van der Waals surface area contributed by atoms with Crippen LogP contribution in [-0.4, -0.2) is 61.2 Å². The maximum absolute atomic E-state index is 12.8. The molecule has 1 fully saturated rings. The number of hydrogen-bond acceptors (Lipinski definition) is 6. The monoisotopic (exact) mass is 472 g/mol. The lowest BCUT2D eigenvalue weighted by molar-refractivity contribution is 0.136. The van der Waals surface area contributed by atoms with Crippen molar-refractivity contribution < 1.29 is 18.7 Å². The molecule has 0 radical (unpaired) electrons. The highest BCUT2D eigenvalue weighted by Crippen LogP contribution is 2.29. The summed E-state index contributed by atoms with van der Waals surface area (Å²) in [6.07, 6.45) is 0. The SMILES string of the molecule is COc1ccc(OC)c(NC(=O)N2CCN(Cc3nc4cc(-c5ccccc5)ccc4o3)CC2)c1. The molecule has 2 heterocycles. The first kappa shape index (κ1) is 22.7. The molecule has 0 unspecified atom stereocenters. The third kappa shape index (κ3) is 5.07. The number of rotatable bonds is 6. The summed E-state index contributed by atoms with van der Waals surface area (Å²) in [4.78, 5) is 21.6. The molecule has 8 heteroatoms. The van der Waals surface area contributed by atoms with Crippen LogP contribution in [0.2, 0.25) is 0 Å². The minimum Gasteiger partial charge on any atom is -0.497 e. The molecule has 0 spiro atoms. The van der Waals surface area contributed by atoms with Crippen LogP contribution < -0.4 is 14.8 Å². The molecule has 35 heavy (non-hydrogen) atoms. The number of carbonyl (C=O) groups is 1. The summed E-state index contributed by atoms with van der Waals surface area (Å²) < 4.78 is 16.6. The number of aromatic nitrogens is 1. The fourth-order valence-electron chi connectivity index (χ4n) is 4.26. The molecule has 180 valence electrons. The quantitative estimate of drug-likeness (QED) is 0.432. The lowest BCUT2D eigenvalue weighted by atomic mass is 10.1. The number of urea groups is 1. The molecule has 4 aromatic rings. The van der Waals surface area contributed by atoms with Crippen molar-refractivity contribution in [1.29, 1.82) is 0 Å². The molecular weight excluding hydrogens is 444 g/mol. The van der Waals surface area contributed by atoms with Crippen molar-refractivity contribution in [2.24, 2.45) is 0 Å². The van der Waals surface area contributed by atoms with Gasteiger partial charge in [-0.05, 0) is 35.4 Å². The molecule has 0 aliphatic carbocycles. The summed E-state index contributed by atoms with van der Waals surface area (Å²) >= 11 is 0. The van der Waals surface area contributed by atoms with Gasteiger partial charge in [-0.15, -0.1) is 0 Å². The Labute approximate surface area is 204 Å². The predicted molar refractivity (Wildman–Crippen MR) is 135 cm³/mol. The molecule has 0 bridgehead atoms. The van der Waals surface area contributed by atoms with Gasteiger partial charge in [0.15, 0.2) is 5.58 Å². The zero-order valence-corrected chi connectivity index (χ0v) is 19.9. The van der Waals surface area contributed by atoms with Gasteiger partial charge in [-0.25, -0.2) is 9.78 Å². The van der Waals surface area contributed by atoms with Crippen molar-refractivity contribution in [3.8, 4) is 22.6 Å². The Bertz CT molecular complexity index is 1310. The Hall–Kier alpha value is -4.04. The maximum atomic E-state index is 12.8. The lowest BCUT2D eigenvalue weighted by Gasteiger charge is -2.34. The molecule has 2 amide bonds. The maximum Gasteiger partial charge on any atom is 0.322 e. The number of hydrogen-bond donors (Lipinski definition) is 1. The molecule has 0 saturated carbocycles. The normalized spacial score (nSPS) is 14.2. The zero-order valence-electron chi connectivity index (χ0n) is 19.9. The molecule has 5 rings (SSSR count). The van der Waals surface area contributed by atoms with E-state index in [0.717, 1.165) is 35.3 Å². The Kier molecular flexibility index (Phi) is 6.54. The van der Waals surface area contributed by atoms with Gasteiger partial charge < -0.3 is 24.1 Å². The lowest BCUT2D eigenvalue weighted by Crippen LogP contribution is -2.49. The summed E-state index contributed by atoms with van der Waals surface area (Å²) in [5.41, 5.74) is 4.49. The Morgan fingerprint density at radius 3 is 2.49 bits per heavy atom. The van der Waals surface area contributed by atoms with Gasteiger partial charge in [0, 0.05) is 32.2 Å². The highest BCUT2D eigenvalue weighted by atomic mass is 16.5. The van der Waals surface area contributed by atoms with Crippen LogP contribution in [0.3, 0.4) is 0 Å². The number of oxazole rings is 1. The topological polar surface area (TPSA) is 80.1 Å². The highest BCUT2D eigenvalue weighted by Gasteiger charge is 2.23. The second-order valence-electron chi connectivity index (χ2n) is 8.42. The van der Waals surface area contributed by atoms with E-state index in [1.165, 1.54) is 0 Å². The number of benzene rings is 3. The van der Waals surface area contributed by atoms with E-state index in [1.54, 1.807) is 37.3 Å². The number of nitrogens with zero attached hydrogens (tertiary/aromatic N) is 3. The Morgan fingerprint density at radius 2 is 1.74 bits per heavy atom. The van der Waals surface area contributed by atoms with E-state index in [4.69, 9.17) is 18.9 Å². The molecule has 1 aromatic heterocycles. The summed E-state index contributed by atoms with van der Waals surface area (Å²) in [5.74, 6) is 1.92. The fraction of sp³-hybridized carbons (Fsp3) is 0.259. The Morgan fingerprint density at radius 1 is 0.943 bits per heavy atom. The van der Waals surface area contributed by atoms with Crippen LogP contribution in [0.1, 0.15) is 5.89 Å². The van der Waals surface area contributed by atoms with E-state index >= 15 is 0 Å². The van der Waals surface area contributed by atoms with Crippen LogP contribution in [0.15, 0.2) is 71.1 Å². The largest absolute Gasteiger partial charge is 0.497 e. The fourth-order valence-corrected chi connectivity index (χ4v) is 4.26. The van der Waals surface area contributed by atoms with Gasteiger partial charge in [0.1, 0.15) is 17.0 Å². The van der Waals surface area contributed by atoms with Crippen LogP contribution in [0.5, 0.6) is 11.5 Å². The molecule has 1 saturated heterocycles. The first-order valence-corrected chi connectivity index (χ1v) is 11.6. The summed E-state index contributed by atoms with van der Waals surface area (Å²) in [6, 6.07) is 21.5. The number of ether oxygens (including phenoxy) is 2. The van der Waals surface area contributed by atoms with Crippen molar-refractivity contribution in [1.82, 2.24) is 14.8 Å². The molecule has 1 aliphatic heterocycles. The number of fused-ring (bicyclic) bond motifs is 1. The van der Waals surface area contributed by atoms with Crippen molar-refractivity contribution >= 4 is 22.8 Å². The second-order valence-corrected chi connectivity index (χ2v) is 8.42. The third-order valence-corrected chi connectivity index (χ3v) is 6.21. The van der Waals surface area contributed by atoms with Crippen molar-refractivity contribution in [2.75, 3.05) is 45.7 Å². The van der Waals surface area contributed by atoms with Crippen molar-refractivity contribution in [2.45, 2.75) is 6.54 Å². The van der Waals surface area contributed by atoms with Gasteiger partial charge in [-0.1, -0.05) is 36.4 Å². The van der Waals surface area contributed by atoms with Gasteiger partial charge in [0.25, 0.3) is 0 Å². The average Bonchev–Trinajstić information content (AvgIpc) is 3.31. The zero-order chi connectivity index (χ0) is 24.2. The van der Waals surface area contributed by atoms with Gasteiger partial charge >= 0.3 is 6.03 Å². The molecule has 3 aromatic carbocycles. The number of nitrogens with one attached hydrogen (secondary N) is 1. The third-order valence-electron chi connectivity index (χ3n) is 6.21. The minimum absolute atomic E-state index is 0.161. The van der Waals surface area contributed by atoms with E-state index in [1.807, 2.05) is 24.3 Å². The van der Waals surface area contributed by atoms with Gasteiger partial charge in [-0.2, -0.15) is 0 Å². The van der Waals surface area contributed by atoms with Crippen LogP contribution in [0, 0.1) is 0 Å². The first-order valence-electron chi connectivity index (χ1n) is 11.6. The number of piperazine rings is 1. The van der Waals surface area contributed by atoms with Crippen LogP contribution in [-0.2, 0) is 6.54 Å². The molecule has 1 N–H and O–H groups in total. The summed E-state index contributed by atoms with van der Waals surface area (Å²) in [5, 5.41) is 2.94. The summed E-state index contributed by atoms with van der Waals surface area (Å²) in [6.45, 7) is 3.29. The molecular formula is C27H28N4O4. The molecule has 0 atom stereocenters. The standard InChI is InChI=1S/C27H28N4O4/c1-33-21-9-11-24(34-2)23(17-21)29-27(32)31-14-12-30(13-15-31)18-26-28-22-16-20(8-10-25(22)35-26)19-6-4-3-5-7-19/h3-11,16-17H,12-15,18H2,1-2H3,(H,29,32). The highest BCUT2D eigenvalue weighted by molar-refractivity contribution is 5.91. The van der Waals surface area contributed by atoms with Crippen molar-refractivity contribution in [3.05, 3.63) is 72.6 Å². The van der Waals surface area contributed by atoms with Gasteiger partial charge in [-0.3, -0.25) is 4.90 Å². The first-order chi connectivity index (χ1) is 17.1. The van der Waals surface area contributed by atoms with E-state index in [-0.39, 0.29) is 6.03 Å². The predicted octanol–water partition coefficient (Wildman–Crippen LogP) is 4.86. The van der Waals surface area contributed by atoms with Gasteiger partial charge in [0.2, 0.25) is 5.89 Å². The molecule has 1 aliphatic rings. The average molecular weight is 473 g/mol. The minimum atomic E-state index is -0.161. The van der Waals surface area contributed by atoms with Gasteiger partial charge in [0.05, 0.1) is 26.5 Å². The summed E-state index contributed by atoms with van der Waals surface area (Å²) in [7, 11) is 3.16. The molecule has 8 nitrogen and oxygen atoms in total.